The number of carbonyl (C=O) groups is 6. The summed E-state index contributed by atoms with van der Waals surface area (Å²) >= 11 is 0. The molecule has 1 fully saturated rings. The second-order valence-electron chi connectivity index (χ2n) is 13.4. The van der Waals surface area contributed by atoms with Crippen LogP contribution >= 0.6 is 0 Å². The van der Waals surface area contributed by atoms with E-state index >= 15 is 0 Å². The van der Waals surface area contributed by atoms with Crippen molar-refractivity contribution < 1.29 is 38.6 Å². The van der Waals surface area contributed by atoms with Crippen LogP contribution in [0.3, 0.4) is 0 Å². The van der Waals surface area contributed by atoms with Crippen molar-refractivity contribution in [2.45, 2.75) is 109 Å². The van der Waals surface area contributed by atoms with E-state index in [0.717, 1.165) is 5.56 Å². The van der Waals surface area contributed by atoms with Crippen LogP contribution in [0.25, 0.3) is 0 Å². The first-order chi connectivity index (χ1) is 23.2. The summed E-state index contributed by atoms with van der Waals surface area (Å²) in [5.74, 6) is -3.35. The number of nitrogens with two attached hydrogens (primary N) is 2. The van der Waals surface area contributed by atoms with E-state index in [9.17, 15) is 33.9 Å². The van der Waals surface area contributed by atoms with E-state index in [0.29, 0.717) is 38.0 Å². The summed E-state index contributed by atoms with van der Waals surface area (Å²) in [5, 5.41) is 22.5. The highest BCUT2D eigenvalue weighted by atomic mass is 16.5. The normalized spacial score (nSPS) is 23.1. The minimum Gasteiger partial charge on any atom is -0.494 e. The number of fused-ring (bicyclic) bond motifs is 12. The van der Waals surface area contributed by atoms with E-state index in [1.807, 2.05) is 30.9 Å². The Hall–Kier alpha value is -4.24. The van der Waals surface area contributed by atoms with Gasteiger partial charge in [0.2, 0.25) is 35.4 Å². The van der Waals surface area contributed by atoms with Gasteiger partial charge in [0.15, 0.2) is 0 Å². The molecule has 1 aromatic carbocycles. The number of hydrogen-bond acceptors (Lipinski definition) is 9. The smallest absolute Gasteiger partial charge is 0.243 e. The molecule has 3 heterocycles. The van der Waals surface area contributed by atoms with Gasteiger partial charge >= 0.3 is 0 Å². The van der Waals surface area contributed by atoms with Crippen molar-refractivity contribution in [2.24, 2.45) is 23.3 Å². The molecule has 6 amide bonds. The van der Waals surface area contributed by atoms with Crippen LogP contribution in [0, 0.1) is 11.8 Å². The number of β-amino-alcohol motifs (C(OH)–C–C–N with tert-alkyl or cyclic N) is 1. The van der Waals surface area contributed by atoms with Crippen molar-refractivity contribution in [3.8, 4) is 5.75 Å². The molecule has 49 heavy (non-hydrogen) atoms. The molecule has 15 nitrogen and oxygen atoms in total. The predicted octanol–water partition coefficient (Wildman–Crippen LogP) is -0.771. The van der Waals surface area contributed by atoms with Crippen molar-refractivity contribution in [2.75, 3.05) is 19.7 Å². The van der Waals surface area contributed by atoms with Crippen LogP contribution in [0.2, 0.25) is 0 Å². The maximum absolute atomic E-state index is 13.7. The Kier molecular flexibility index (Phi) is 14.8. The van der Waals surface area contributed by atoms with Gasteiger partial charge in [-0.1, -0.05) is 46.2 Å². The summed E-state index contributed by atoms with van der Waals surface area (Å²) in [6.45, 7) is 8.03. The molecule has 0 spiro atoms. The molecule has 272 valence electrons. The molecule has 1 unspecified atom stereocenters. The number of ether oxygens (including phenoxy) is 1. The molecular weight excluding hydrogens is 634 g/mol. The number of benzene rings is 1. The number of nitrogens with zero attached hydrogens (tertiary/aromatic N) is 1. The highest BCUT2D eigenvalue weighted by Crippen LogP contribution is 2.21. The highest BCUT2D eigenvalue weighted by molar-refractivity contribution is 5.93. The SMILES string of the molecule is CC[C@H](C)C(NC(=O)[C@@H]1CCCN1C[C@@H](O)[C@@H]1Cc2ccc(cc2)OCCCC(=O)N[C@@H](CC(N)=O)C(=O)N1)C(=O)N[C@H](C(N)=O)C(C)C. The number of hydrogen-bond donors (Lipinski definition) is 7. The van der Waals surface area contributed by atoms with Crippen molar-refractivity contribution in [3.63, 3.8) is 0 Å². The van der Waals surface area contributed by atoms with Gasteiger partial charge in [0.1, 0.15) is 23.9 Å². The van der Waals surface area contributed by atoms with Gasteiger partial charge in [0.25, 0.3) is 0 Å². The monoisotopic (exact) mass is 687 g/mol. The molecule has 9 N–H and O–H groups in total. The van der Waals surface area contributed by atoms with E-state index in [-0.39, 0.29) is 37.8 Å². The number of carbonyl (C=O) groups excluding carboxylic acids is 6. The average molecular weight is 688 g/mol. The fourth-order valence-corrected chi connectivity index (χ4v) is 6.11. The van der Waals surface area contributed by atoms with E-state index in [4.69, 9.17) is 16.2 Å². The second kappa shape index (κ2) is 18.5. The Morgan fingerprint density at radius 3 is 2.33 bits per heavy atom. The first-order valence-electron chi connectivity index (χ1n) is 17.1. The molecule has 0 saturated carbocycles. The summed E-state index contributed by atoms with van der Waals surface area (Å²) in [6, 6.07) is 2.58. The van der Waals surface area contributed by atoms with Crippen LogP contribution in [0.4, 0.5) is 0 Å². The summed E-state index contributed by atoms with van der Waals surface area (Å²) in [6.07, 6.45) is 0.768. The van der Waals surface area contributed by atoms with E-state index < -0.39 is 78.2 Å². The number of primary amides is 2. The lowest BCUT2D eigenvalue weighted by Gasteiger charge is -2.33. The molecule has 1 saturated heterocycles. The minimum absolute atomic E-state index is 0.00830. The van der Waals surface area contributed by atoms with Gasteiger partial charge in [-0.15, -0.1) is 0 Å². The standard InChI is InChI=1S/C34H53N7O8/c1-5-20(4)30(34(48)39-29(19(2)3)31(36)45)40-33(47)25-8-6-14-41(25)18-26(42)23-16-21-10-12-22(13-11-21)49-15-7-9-28(44)37-24(17-27(35)43)32(46)38-23/h10-13,19-20,23-26,29-30,42H,5-9,14-18H2,1-4H3,(H2,35,43)(H2,36,45)(H,37,44)(H,38,46)(H,39,48)(H,40,47)/t20-,23-,24-,25-,26+,29-,30?/m0/s1. The molecule has 7 atom stereocenters. The van der Waals surface area contributed by atoms with Crippen molar-refractivity contribution >= 4 is 35.4 Å². The highest BCUT2D eigenvalue weighted by Gasteiger charge is 2.38. The summed E-state index contributed by atoms with van der Waals surface area (Å²) in [5.41, 5.74) is 11.7. The molecule has 0 aromatic heterocycles. The van der Waals surface area contributed by atoms with Crippen molar-refractivity contribution in [1.29, 1.82) is 0 Å². The third kappa shape index (κ3) is 11.7. The third-order valence-corrected chi connectivity index (χ3v) is 9.20. The Bertz CT molecular complexity index is 1320. The van der Waals surface area contributed by atoms with Gasteiger partial charge in [-0.05, 0) is 61.8 Å². The maximum atomic E-state index is 13.7. The van der Waals surface area contributed by atoms with Gasteiger partial charge in [-0.3, -0.25) is 33.7 Å². The average Bonchev–Trinajstić information content (AvgIpc) is 3.51. The molecule has 3 aliphatic rings. The van der Waals surface area contributed by atoms with E-state index in [1.54, 1.807) is 26.0 Å². The van der Waals surface area contributed by atoms with Crippen LogP contribution in [0.15, 0.2) is 24.3 Å². The lowest BCUT2D eigenvalue weighted by molar-refractivity contribution is -0.134. The third-order valence-electron chi connectivity index (χ3n) is 9.20. The number of aliphatic hydroxyl groups is 1. The summed E-state index contributed by atoms with van der Waals surface area (Å²) < 4.78 is 5.72. The first kappa shape index (κ1) is 39.2. The Balaban J connectivity index is 1.80. The largest absolute Gasteiger partial charge is 0.494 e. The van der Waals surface area contributed by atoms with Gasteiger partial charge in [-0.25, -0.2) is 0 Å². The number of nitrogens with one attached hydrogen (secondary N) is 4. The van der Waals surface area contributed by atoms with Gasteiger partial charge in [0.05, 0.1) is 31.2 Å². The molecule has 3 aliphatic heterocycles. The van der Waals surface area contributed by atoms with Gasteiger partial charge < -0.3 is 42.6 Å². The summed E-state index contributed by atoms with van der Waals surface area (Å²) in [4.78, 5) is 78.5. The Labute approximate surface area is 287 Å². The van der Waals surface area contributed by atoms with Crippen LogP contribution in [-0.4, -0.2) is 101 Å². The number of likely N-dealkylation sites (tertiary alicyclic amines) is 1. The Morgan fingerprint density at radius 2 is 1.71 bits per heavy atom. The second-order valence-corrected chi connectivity index (χ2v) is 13.4. The first-order valence-corrected chi connectivity index (χ1v) is 17.1. The van der Waals surface area contributed by atoms with Crippen LogP contribution in [0.1, 0.15) is 71.8 Å². The molecule has 4 rings (SSSR count). The minimum atomic E-state index is -1.24. The van der Waals surface area contributed by atoms with Gasteiger partial charge in [0, 0.05) is 13.0 Å². The zero-order valence-corrected chi connectivity index (χ0v) is 28.9. The number of amides is 6. The fraction of sp³-hybridized carbons (Fsp3) is 0.647. The number of aliphatic hydroxyl groups excluding tert-OH is 1. The fourth-order valence-electron chi connectivity index (χ4n) is 6.11. The Morgan fingerprint density at radius 1 is 1.02 bits per heavy atom. The molecule has 1 aromatic rings. The lowest BCUT2D eigenvalue weighted by atomic mass is 9.96. The number of rotatable bonds is 13. The molecule has 2 bridgehead atoms. The maximum Gasteiger partial charge on any atom is 0.243 e. The van der Waals surface area contributed by atoms with Gasteiger partial charge in [-0.2, -0.15) is 0 Å². The topological polar surface area (TPSA) is 235 Å². The molecule has 0 radical (unpaired) electrons. The zero-order valence-electron chi connectivity index (χ0n) is 28.9. The molecule has 0 aliphatic carbocycles. The van der Waals surface area contributed by atoms with E-state index in [2.05, 4.69) is 21.3 Å². The zero-order chi connectivity index (χ0) is 36.2. The predicted molar refractivity (Wildman–Crippen MR) is 180 cm³/mol. The molecule has 15 heteroatoms. The quantitative estimate of drug-likeness (QED) is 0.138. The van der Waals surface area contributed by atoms with Crippen LogP contribution in [-0.2, 0) is 35.2 Å². The lowest BCUT2D eigenvalue weighted by Crippen LogP contribution is -2.59. The van der Waals surface area contributed by atoms with Crippen LogP contribution < -0.4 is 37.5 Å². The summed E-state index contributed by atoms with van der Waals surface area (Å²) in [7, 11) is 0. The van der Waals surface area contributed by atoms with Crippen molar-refractivity contribution in [3.05, 3.63) is 29.8 Å². The molecular formula is C34H53N7O8. The van der Waals surface area contributed by atoms with Crippen molar-refractivity contribution in [1.82, 2.24) is 26.2 Å². The van der Waals surface area contributed by atoms with Crippen LogP contribution in [0.5, 0.6) is 5.75 Å². The van der Waals surface area contributed by atoms with E-state index in [1.165, 1.54) is 0 Å².